The van der Waals surface area contributed by atoms with E-state index in [9.17, 15) is 9.59 Å². The molecule has 138 valence electrons. The molecule has 0 bridgehead atoms. The summed E-state index contributed by atoms with van der Waals surface area (Å²) < 4.78 is 7.31. The highest BCUT2D eigenvalue weighted by Crippen LogP contribution is 2.32. The van der Waals surface area contributed by atoms with Crippen LogP contribution in [0.5, 0.6) is 0 Å². The SMILES string of the molecule is Cc1ccc(C(=O)NCc2cnc([C@]3(C)CCCCO3)nc2)c(=O)n1C. The van der Waals surface area contributed by atoms with Crippen molar-refractivity contribution in [2.75, 3.05) is 6.61 Å². The van der Waals surface area contributed by atoms with Crippen LogP contribution < -0.4 is 10.9 Å². The van der Waals surface area contributed by atoms with Crippen molar-refractivity contribution in [3.8, 4) is 0 Å². The van der Waals surface area contributed by atoms with Crippen LogP contribution in [0.25, 0.3) is 0 Å². The molecule has 7 heteroatoms. The molecule has 1 fully saturated rings. The lowest BCUT2D eigenvalue weighted by Crippen LogP contribution is -2.33. The number of rotatable bonds is 4. The molecular formula is C19H24N4O3. The molecule has 1 aliphatic rings. The van der Waals surface area contributed by atoms with Crippen molar-refractivity contribution in [3.05, 3.63) is 57.5 Å². The molecule has 0 spiro atoms. The molecule has 0 saturated carbocycles. The van der Waals surface area contributed by atoms with Gasteiger partial charge < -0.3 is 14.6 Å². The molecular weight excluding hydrogens is 332 g/mol. The number of ether oxygens (including phenoxy) is 1. The predicted octanol–water partition coefficient (Wildman–Crippen LogP) is 1.83. The van der Waals surface area contributed by atoms with Crippen molar-refractivity contribution in [1.29, 1.82) is 0 Å². The highest BCUT2D eigenvalue weighted by Gasteiger charge is 2.32. The van der Waals surface area contributed by atoms with E-state index in [2.05, 4.69) is 15.3 Å². The van der Waals surface area contributed by atoms with Gasteiger partial charge >= 0.3 is 0 Å². The van der Waals surface area contributed by atoms with E-state index in [0.29, 0.717) is 5.82 Å². The van der Waals surface area contributed by atoms with Gasteiger partial charge in [-0.2, -0.15) is 0 Å². The molecule has 1 atom stereocenters. The molecule has 2 aromatic heterocycles. The molecule has 7 nitrogen and oxygen atoms in total. The number of nitrogens with one attached hydrogen (secondary N) is 1. The topological polar surface area (TPSA) is 86.1 Å². The van der Waals surface area contributed by atoms with Gasteiger partial charge in [0, 0.05) is 43.9 Å². The Labute approximate surface area is 152 Å². The van der Waals surface area contributed by atoms with Gasteiger partial charge in [-0.15, -0.1) is 0 Å². The fourth-order valence-corrected chi connectivity index (χ4v) is 3.01. The number of amides is 1. The van der Waals surface area contributed by atoms with Crippen molar-refractivity contribution in [1.82, 2.24) is 19.9 Å². The van der Waals surface area contributed by atoms with Crippen LogP contribution in [-0.2, 0) is 23.9 Å². The zero-order valence-electron chi connectivity index (χ0n) is 15.4. The molecule has 3 heterocycles. The third-order valence-corrected chi connectivity index (χ3v) is 4.90. The fourth-order valence-electron chi connectivity index (χ4n) is 3.01. The van der Waals surface area contributed by atoms with Gasteiger partial charge in [0.05, 0.1) is 0 Å². The van der Waals surface area contributed by atoms with Crippen molar-refractivity contribution in [2.24, 2.45) is 7.05 Å². The van der Waals surface area contributed by atoms with Crippen LogP contribution in [0.15, 0.2) is 29.3 Å². The number of aryl methyl sites for hydroxylation is 1. The minimum Gasteiger partial charge on any atom is -0.367 e. The van der Waals surface area contributed by atoms with E-state index in [0.717, 1.165) is 37.1 Å². The molecule has 2 aromatic rings. The average molecular weight is 356 g/mol. The summed E-state index contributed by atoms with van der Waals surface area (Å²) in [6, 6.07) is 3.30. The van der Waals surface area contributed by atoms with Gasteiger partial charge in [0.25, 0.3) is 11.5 Å². The molecule has 26 heavy (non-hydrogen) atoms. The zero-order valence-corrected chi connectivity index (χ0v) is 15.4. The molecule has 1 saturated heterocycles. The minimum absolute atomic E-state index is 0.124. The Morgan fingerprint density at radius 1 is 1.31 bits per heavy atom. The Hall–Kier alpha value is -2.54. The Bertz CT molecular complexity index is 852. The molecule has 3 rings (SSSR count). The van der Waals surface area contributed by atoms with Gasteiger partial charge in [-0.3, -0.25) is 9.59 Å². The van der Waals surface area contributed by atoms with Crippen LogP contribution in [-0.4, -0.2) is 27.0 Å². The van der Waals surface area contributed by atoms with E-state index >= 15 is 0 Å². The second-order valence-electron chi connectivity index (χ2n) is 6.89. The van der Waals surface area contributed by atoms with Crippen molar-refractivity contribution < 1.29 is 9.53 Å². The quantitative estimate of drug-likeness (QED) is 0.903. The standard InChI is InChI=1S/C19H24N4O3/c1-13-6-7-15(17(25)23(13)3)16(24)20-10-14-11-21-18(22-12-14)19(2)8-4-5-9-26-19/h6-7,11-12H,4-5,8-10H2,1-3H3,(H,20,24)/t19-/m0/s1. The third-order valence-electron chi connectivity index (χ3n) is 4.90. The first-order valence-electron chi connectivity index (χ1n) is 8.81. The minimum atomic E-state index is -0.436. The summed E-state index contributed by atoms with van der Waals surface area (Å²) in [5.41, 5.74) is 0.948. The van der Waals surface area contributed by atoms with Gasteiger partial charge in [-0.1, -0.05) is 0 Å². The first-order chi connectivity index (χ1) is 12.4. The summed E-state index contributed by atoms with van der Waals surface area (Å²) >= 11 is 0. The third kappa shape index (κ3) is 3.67. The number of aromatic nitrogens is 3. The van der Waals surface area contributed by atoms with E-state index in [1.165, 1.54) is 4.57 Å². The lowest BCUT2D eigenvalue weighted by molar-refractivity contribution is -0.0760. The maximum atomic E-state index is 12.3. The second kappa shape index (κ2) is 7.37. The summed E-state index contributed by atoms with van der Waals surface area (Å²) in [5.74, 6) is 0.261. The molecule has 0 aliphatic carbocycles. The van der Waals surface area contributed by atoms with Crippen molar-refractivity contribution in [2.45, 2.75) is 45.3 Å². The number of carbonyl (C=O) groups excluding carboxylic acids is 1. The Morgan fingerprint density at radius 2 is 2.04 bits per heavy atom. The van der Waals surface area contributed by atoms with Crippen LogP contribution in [0, 0.1) is 6.92 Å². The predicted molar refractivity (Wildman–Crippen MR) is 96.8 cm³/mol. The van der Waals surface area contributed by atoms with Crippen molar-refractivity contribution >= 4 is 5.91 Å². The number of nitrogens with zero attached hydrogens (tertiary/aromatic N) is 3. The van der Waals surface area contributed by atoms with Crippen LogP contribution in [0.1, 0.15) is 53.6 Å². The first kappa shape index (κ1) is 18.3. The average Bonchev–Trinajstić information content (AvgIpc) is 2.65. The van der Waals surface area contributed by atoms with E-state index < -0.39 is 11.5 Å². The fraction of sp³-hybridized carbons (Fsp3) is 0.474. The van der Waals surface area contributed by atoms with E-state index in [-0.39, 0.29) is 17.7 Å². The van der Waals surface area contributed by atoms with Crippen LogP contribution in [0.3, 0.4) is 0 Å². The van der Waals surface area contributed by atoms with E-state index in [1.54, 1.807) is 31.6 Å². The van der Waals surface area contributed by atoms with Gasteiger partial charge in [0.15, 0.2) is 5.82 Å². The summed E-state index contributed by atoms with van der Waals surface area (Å²) in [7, 11) is 1.65. The maximum Gasteiger partial charge on any atom is 0.263 e. The Kier molecular flexibility index (Phi) is 5.18. The lowest BCUT2D eigenvalue weighted by atomic mass is 9.95. The number of hydrogen-bond acceptors (Lipinski definition) is 5. The van der Waals surface area contributed by atoms with Gasteiger partial charge in [-0.05, 0) is 45.2 Å². The Balaban J connectivity index is 1.66. The molecule has 0 aromatic carbocycles. The summed E-state index contributed by atoms with van der Waals surface area (Å²) in [5, 5.41) is 2.75. The van der Waals surface area contributed by atoms with Gasteiger partial charge in [0.1, 0.15) is 11.2 Å². The van der Waals surface area contributed by atoms with E-state index in [1.807, 2.05) is 13.8 Å². The zero-order chi connectivity index (χ0) is 18.7. The van der Waals surface area contributed by atoms with Crippen LogP contribution >= 0.6 is 0 Å². The van der Waals surface area contributed by atoms with Gasteiger partial charge in [0.2, 0.25) is 0 Å². The number of carbonyl (C=O) groups is 1. The van der Waals surface area contributed by atoms with Crippen LogP contribution in [0.4, 0.5) is 0 Å². The molecule has 1 N–H and O–H groups in total. The van der Waals surface area contributed by atoms with Crippen molar-refractivity contribution in [3.63, 3.8) is 0 Å². The normalized spacial score (nSPS) is 20.0. The maximum absolute atomic E-state index is 12.3. The second-order valence-corrected chi connectivity index (χ2v) is 6.89. The monoisotopic (exact) mass is 356 g/mol. The highest BCUT2D eigenvalue weighted by molar-refractivity contribution is 5.93. The highest BCUT2D eigenvalue weighted by atomic mass is 16.5. The van der Waals surface area contributed by atoms with Gasteiger partial charge in [-0.25, -0.2) is 9.97 Å². The molecule has 1 aliphatic heterocycles. The molecule has 0 radical (unpaired) electrons. The number of hydrogen-bond donors (Lipinski definition) is 1. The summed E-state index contributed by atoms with van der Waals surface area (Å²) in [4.78, 5) is 33.3. The van der Waals surface area contributed by atoms with Crippen LogP contribution in [0.2, 0.25) is 0 Å². The summed E-state index contributed by atoms with van der Waals surface area (Å²) in [6.07, 6.45) is 6.46. The first-order valence-corrected chi connectivity index (χ1v) is 8.81. The molecule has 0 unspecified atom stereocenters. The van der Waals surface area contributed by atoms with E-state index in [4.69, 9.17) is 4.74 Å². The largest absolute Gasteiger partial charge is 0.367 e. The smallest absolute Gasteiger partial charge is 0.263 e. The number of pyridine rings is 1. The lowest BCUT2D eigenvalue weighted by Gasteiger charge is -2.32. The molecule has 1 amide bonds. The Morgan fingerprint density at radius 3 is 2.69 bits per heavy atom. The summed E-state index contributed by atoms with van der Waals surface area (Å²) in [6.45, 7) is 4.81.